The standard InChI is InChI=1S/C22H31N4.C19H25N4.2C13H11N5.2Ir/c1-17(2)23-8-10-25(15-23)20-12-19(22(5,6)7)13-21(14-20)26-11-9-24(16-26)18(3)4;1-15(2)20-6-8-22(13-20)18-10-17(5)11-19(12-18)23-9-7-21(14-23)16(3)4;2*1-8-6-12(17-15-8)10-4-3-5-11(14-10)13-7-9(2)16-18-13;;/h8-13,15-18H,1-7H3;6-11,13-16H,1-5H3;2*3-7H,1-2H3;;/q2*-3;2*-2;;. The smallest absolute Gasteiger partial charge is 0.0500 e. The summed E-state index contributed by atoms with van der Waals surface area (Å²) in [6, 6.07) is 36.9. The number of pyridine rings is 2. The molecule has 2 radical (unpaired) electrons. The summed E-state index contributed by atoms with van der Waals surface area (Å²) in [4.78, 5) is 26.4. The second kappa shape index (κ2) is 29.3. The van der Waals surface area contributed by atoms with Crippen LogP contribution in [-0.4, -0.2) is 74.1 Å². The second-order valence-electron chi connectivity index (χ2n) is 23.6. The molecule has 4 aliphatic rings. The Kier molecular flexibility index (Phi) is 22.5. The van der Waals surface area contributed by atoms with Crippen LogP contribution in [0, 0.1) is 73.4 Å². The van der Waals surface area contributed by atoms with Gasteiger partial charge in [-0.15, -0.1) is 64.7 Å². The van der Waals surface area contributed by atoms with Crippen LogP contribution >= 0.6 is 0 Å². The van der Waals surface area contributed by atoms with Gasteiger partial charge in [0.05, 0.1) is 22.8 Å². The van der Waals surface area contributed by atoms with Gasteiger partial charge in [-0.25, -0.2) is 0 Å². The normalized spacial score (nSPS) is 14.3. The van der Waals surface area contributed by atoms with Crippen LogP contribution in [0.25, 0.3) is 45.6 Å². The molecule has 12 rings (SSSR count). The minimum absolute atomic E-state index is 0. The van der Waals surface area contributed by atoms with Crippen LogP contribution in [0.2, 0.25) is 0 Å². The average Bonchev–Trinajstić information content (AvgIpc) is 2.61. The summed E-state index contributed by atoms with van der Waals surface area (Å²) in [7, 11) is 0. The van der Waals surface area contributed by atoms with Crippen molar-refractivity contribution < 1.29 is 40.2 Å². The summed E-state index contributed by atoms with van der Waals surface area (Å²) < 4.78 is 0. The third-order valence-corrected chi connectivity index (χ3v) is 14.0. The molecule has 87 heavy (non-hydrogen) atoms. The maximum atomic E-state index is 4.53. The van der Waals surface area contributed by atoms with Crippen molar-refractivity contribution >= 4 is 22.7 Å². The largest absolute Gasteiger partial charge is 0.574 e. The Labute approximate surface area is 542 Å². The topological polar surface area (TPSA) is 160 Å². The first kappa shape index (κ1) is 66.8. The van der Waals surface area contributed by atoms with Crippen LogP contribution < -0.4 is 40.0 Å². The molecule has 18 nitrogen and oxygen atoms in total. The molecule has 0 saturated heterocycles. The summed E-state index contributed by atoms with van der Waals surface area (Å²) in [6.07, 6.45) is 16.8. The Morgan fingerprint density at radius 2 is 0.632 bits per heavy atom. The molecular weight excluding hydrogens is 1440 g/mol. The van der Waals surface area contributed by atoms with E-state index in [0.29, 0.717) is 24.2 Å². The summed E-state index contributed by atoms with van der Waals surface area (Å²) in [5.74, 6) is 0. The van der Waals surface area contributed by atoms with Gasteiger partial charge in [0.2, 0.25) is 0 Å². The fourth-order valence-electron chi connectivity index (χ4n) is 8.97. The molecule has 0 N–H and O–H groups in total. The van der Waals surface area contributed by atoms with Gasteiger partial charge in [-0.3, -0.25) is 9.97 Å². The molecule has 0 amide bonds. The molecule has 0 atom stereocenters. The molecule has 20 heteroatoms. The first-order valence-electron chi connectivity index (χ1n) is 28.9. The van der Waals surface area contributed by atoms with E-state index < -0.39 is 0 Å². The van der Waals surface area contributed by atoms with E-state index in [1.165, 1.54) is 11.1 Å². The Balaban J connectivity index is 0.000000166. The molecule has 0 unspecified atom stereocenters. The summed E-state index contributed by atoms with van der Waals surface area (Å²) >= 11 is 0. The van der Waals surface area contributed by atoms with Crippen molar-refractivity contribution in [3.8, 4) is 45.6 Å². The van der Waals surface area contributed by atoms with E-state index in [-0.39, 0.29) is 45.6 Å². The van der Waals surface area contributed by atoms with E-state index in [9.17, 15) is 0 Å². The van der Waals surface area contributed by atoms with Crippen molar-refractivity contribution in [2.45, 2.75) is 140 Å². The van der Waals surface area contributed by atoms with Crippen molar-refractivity contribution in [1.29, 1.82) is 0 Å². The Hall–Kier alpha value is -7.76. The number of hydrogen-bond donors (Lipinski definition) is 0. The molecule has 0 fully saturated rings. The molecule has 0 saturated carbocycles. The number of aryl methyl sites for hydroxylation is 5. The summed E-state index contributed by atoms with van der Waals surface area (Å²) in [5, 5.41) is 32.2. The summed E-state index contributed by atoms with van der Waals surface area (Å²) in [5.41, 5.74) is 16.7. The van der Waals surface area contributed by atoms with Gasteiger partial charge in [0.1, 0.15) is 0 Å². The van der Waals surface area contributed by atoms with Crippen LogP contribution in [0.5, 0.6) is 0 Å². The monoisotopic (exact) mass is 1520 g/mol. The first-order valence-corrected chi connectivity index (χ1v) is 28.9. The van der Waals surface area contributed by atoms with Gasteiger partial charge in [0, 0.05) is 63.0 Å². The van der Waals surface area contributed by atoms with Crippen molar-refractivity contribution in [1.82, 2.24) is 70.4 Å². The van der Waals surface area contributed by atoms with Gasteiger partial charge >= 0.3 is 0 Å². The van der Waals surface area contributed by atoms with Crippen molar-refractivity contribution in [2.24, 2.45) is 0 Å². The van der Waals surface area contributed by atoms with Crippen molar-refractivity contribution in [2.75, 3.05) is 19.6 Å². The second-order valence-corrected chi connectivity index (χ2v) is 23.6. The van der Waals surface area contributed by atoms with Crippen LogP contribution in [0.4, 0.5) is 22.7 Å². The van der Waals surface area contributed by atoms with Crippen molar-refractivity contribution in [3.05, 3.63) is 207 Å². The molecule has 0 aliphatic carbocycles. The van der Waals surface area contributed by atoms with E-state index in [4.69, 9.17) is 0 Å². The molecule has 0 spiro atoms. The zero-order chi connectivity index (χ0) is 60.7. The van der Waals surface area contributed by atoms with Gasteiger partial charge in [-0.1, -0.05) is 86.9 Å². The van der Waals surface area contributed by atoms with E-state index in [2.05, 4.69) is 286 Å². The quantitative estimate of drug-likeness (QED) is 0.106. The zero-order valence-corrected chi connectivity index (χ0v) is 57.3. The van der Waals surface area contributed by atoms with Gasteiger partial charge < -0.3 is 80.0 Å². The van der Waals surface area contributed by atoms with Gasteiger partial charge in [-0.2, -0.15) is 32.2 Å². The Bertz CT molecular complexity index is 3300. The number of aromatic nitrogens is 10. The third kappa shape index (κ3) is 17.3. The number of rotatable bonds is 12. The number of nitrogens with zero attached hydrogens (tertiary/aromatic N) is 18. The van der Waals surface area contributed by atoms with E-state index >= 15 is 0 Å². The maximum absolute atomic E-state index is 4.53. The molecule has 10 heterocycles. The minimum Gasteiger partial charge on any atom is -0.574 e. The molecule has 0 bridgehead atoms. The number of anilines is 4. The zero-order valence-electron chi connectivity index (χ0n) is 52.5. The molecular formula is C67H78Ir2N18-10. The third-order valence-electron chi connectivity index (χ3n) is 14.0. The van der Waals surface area contributed by atoms with Crippen LogP contribution in [-0.2, 0) is 45.6 Å². The Morgan fingerprint density at radius 3 is 0.839 bits per heavy atom. The van der Waals surface area contributed by atoms with Crippen molar-refractivity contribution in [3.63, 3.8) is 0 Å². The van der Waals surface area contributed by atoms with Gasteiger partial charge in [0.15, 0.2) is 0 Å². The number of hydrogen-bond acceptors (Lipinski definition) is 14. The number of benzene rings is 2. The van der Waals surface area contributed by atoms with Gasteiger partial charge in [-0.05, 0) is 187 Å². The Morgan fingerprint density at radius 1 is 0.379 bits per heavy atom. The summed E-state index contributed by atoms with van der Waals surface area (Å²) in [6.45, 7) is 42.5. The fourth-order valence-corrected chi connectivity index (χ4v) is 8.97. The van der Waals surface area contributed by atoms with Crippen LogP contribution in [0.3, 0.4) is 0 Å². The predicted molar refractivity (Wildman–Crippen MR) is 339 cm³/mol. The molecule has 6 aromatic heterocycles. The average molecular weight is 1520 g/mol. The fraction of sp³-hybridized carbons (Fsp3) is 0.313. The van der Waals surface area contributed by atoms with Gasteiger partial charge in [0.25, 0.3) is 0 Å². The van der Waals surface area contributed by atoms with E-state index in [0.717, 1.165) is 91.1 Å². The van der Waals surface area contributed by atoms with E-state index in [1.54, 1.807) is 0 Å². The molecule has 4 aliphatic heterocycles. The van der Waals surface area contributed by atoms with E-state index in [1.807, 2.05) is 88.4 Å². The molecule has 464 valence electrons. The SMILES string of the molecule is CC(C)N1C=CN(c2[c-]c(N3C=CN(C(C)C)[CH-]3)cc(C(C)(C)C)c2)[CH-]1.Cc1cc(-c2cccc(-c3cc(C)n[n-]3)n2)[n-]n1.Cc1cc(-c2cccc(-c3cc(C)n[n-]3)n2)[n-]n1.Cc1cc(N2C=CN(C(C)C)[CH-]2)[c-]c(N2C=CN(C(C)C)[CH-]2)c1.[Ir].[Ir]. The molecule has 8 aromatic rings. The predicted octanol–water partition coefficient (Wildman–Crippen LogP) is 12.5. The minimum atomic E-state index is 0. The first-order chi connectivity index (χ1) is 40.5. The van der Waals surface area contributed by atoms with Crippen LogP contribution in [0.1, 0.15) is 110 Å². The maximum Gasteiger partial charge on any atom is 0.0500 e. The molecule has 2 aromatic carbocycles. The van der Waals surface area contributed by atoms with Crippen LogP contribution in [0.15, 0.2) is 135 Å².